The first-order valence-corrected chi connectivity index (χ1v) is 6.77. The maximum absolute atomic E-state index is 12.0. The van der Waals surface area contributed by atoms with Gasteiger partial charge in [-0.15, -0.1) is 0 Å². The van der Waals surface area contributed by atoms with E-state index in [1.165, 1.54) is 12.8 Å². The van der Waals surface area contributed by atoms with E-state index < -0.39 is 6.10 Å². The van der Waals surface area contributed by atoms with Crippen LogP contribution in [0.5, 0.6) is 5.75 Å². The third-order valence-electron chi connectivity index (χ3n) is 3.46. The molecule has 2 unspecified atom stereocenters. The van der Waals surface area contributed by atoms with Crippen molar-refractivity contribution in [2.24, 2.45) is 5.92 Å². The molecule has 2 N–H and O–H groups in total. The molecule has 1 aliphatic carbocycles. The van der Waals surface area contributed by atoms with Crippen LogP contribution in [0, 0.1) is 5.92 Å². The van der Waals surface area contributed by atoms with Crippen LogP contribution in [0.3, 0.4) is 0 Å². The van der Waals surface area contributed by atoms with E-state index in [-0.39, 0.29) is 18.6 Å². The van der Waals surface area contributed by atoms with E-state index in [1.54, 1.807) is 25.1 Å². The van der Waals surface area contributed by atoms with E-state index in [0.29, 0.717) is 11.7 Å². The summed E-state index contributed by atoms with van der Waals surface area (Å²) in [6, 6.07) is 7.37. The van der Waals surface area contributed by atoms with Crippen LogP contribution in [0.25, 0.3) is 0 Å². The van der Waals surface area contributed by atoms with Gasteiger partial charge in [0.15, 0.2) is 6.10 Å². The summed E-state index contributed by atoms with van der Waals surface area (Å²) in [7, 11) is 0. The molecule has 0 saturated heterocycles. The molecule has 1 saturated carbocycles. The molecule has 19 heavy (non-hydrogen) atoms. The molecule has 1 amide bonds. The Morgan fingerprint density at radius 3 is 2.84 bits per heavy atom. The number of benzene rings is 1. The molecule has 1 aromatic rings. The number of hydrogen-bond donors (Lipinski definition) is 2. The van der Waals surface area contributed by atoms with Crippen molar-refractivity contribution in [2.45, 2.75) is 45.4 Å². The van der Waals surface area contributed by atoms with Crippen molar-refractivity contribution in [3.05, 3.63) is 29.8 Å². The normalized spacial score (nSPS) is 17.6. The van der Waals surface area contributed by atoms with Gasteiger partial charge in [0.05, 0.1) is 6.61 Å². The first-order valence-electron chi connectivity index (χ1n) is 6.77. The Balaban J connectivity index is 1.88. The smallest absolute Gasteiger partial charge is 0.260 e. The summed E-state index contributed by atoms with van der Waals surface area (Å²) in [4.78, 5) is 12.0. The van der Waals surface area contributed by atoms with Crippen molar-refractivity contribution in [1.29, 1.82) is 0 Å². The molecule has 104 valence electrons. The molecule has 1 aromatic carbocycles. The fraction of sp³-hybridized carbons (Fsp3) is 0.533. The Bertz CT molecular complexity index is 443. The van der Waals surface area contributed by atoms with Crippen LogP contribution in [0.1, 0.15) is 32.3 Å². The molecule has 4 heteroatoms. The zero-order chi connectivity index (χ0) is 13.8. The lowest BCUT2D eigenvalue weighted by Gasteiger charge is -2.18. The fourth-order valence-electron chi connectivity index (χ4n) is 2.03. The highest BCUT2D eigenvalue weighted by Crippen LogP contribution is 2.32. The SMILES string of the molecule is CC(Oc1cccc(CO)c1)C(=O)NC(C)C1CC1. The average molecular weight is 263 g/mol. The Morgan fingerprint density at radius 1 is 1.47 bits per heavy atom. The molecule has 0 aromatic heterocycles. The minimum atomic E-state index is -0.532. The number of carbonyl (C=O) groups is 1. The van der Waals surface area contributed by atoms with E-state index in [4.69, 9.17) is 9.84 Å². The molecule has 0 bridgehead atoms. The quantitative estimate of drug-likeness (QED) is 0.823. The zero-order valence-electron chi connectivity index (χ0n) is 11.4. The van der Waals surface area contributed by atoms with Gasteiger partial charge >= 0.3 is 0 Å². The summed E-state index contributed by atoms with van der Waals surface area (Å²) >= 11 is 0. The Morgan fingerprint density at radius 2 is 2.21 bits per heavy atom. The summed E-state index contributed by atoms with van der Waals surface area (Å²) in [6.07, 6.45) is 1.87. The van der Waals surface area contributed by atoms with Gasteiger partial charge in [0.1, 0.15) is 5.75 Å². The van der Waals surface area contributed by atoms with Crippen LogP contribution in [-0.4, -0.2) is 23.2 Å². The topological polar surface area (TPSA) is 58.6 Å². The van der Waals surface area contributed by atoms with Gasteiger partial charge in [0.25, 0.3) is 5.91 Å². The molecule has 1 fully saturated rings. The highest BCUT2D eigenvalue weighted by Gasteiger charge is 2.30. The van der Waals surface area contributed by atoms with Crippen molar-refractivity contribution in [3.8, 4) is 5.75 Å². The van der Waals surface area contributed by atoms with E-state index >= 15 is 0 Å². The van der Waals surface area contributed by atoms with Gasteiger partial charge < -0.3 is 15.2 Å². The lowest BCUT2D eigenvalue weighted by Crippen LogP contribution is -2.42. The van der Waals surface area contributed by atoms with Crippen molar-refractivity contribution in [2.75, 3.05) is 0 Å². The predicted octanol–water partition coefficient (Wildman–Crippen LogP) is 1.86. The third-order valence-corrected chi connectivity index (χ3v) is 3.46. The van der Waals surface area contributed by atoms with Crippen molar-refractivity contribution >= 4 is 5.91 Å². The van der Waals surface area contributed by atoms with E-state index in [9.17, 15) is 4.79 Å². The number of ether oxygens (including phenoxy) is 1. The molecule has 2 atom stereocenters. The standard InChI is InChI=1S/C15H21NO3/c1-10(13-6-7-13)16-15(18)11(2)19-14-5-3-4-12(8-14)9-17/h3-5,8,10-11,13,17H,6-7,9H2,1-2H3,(H,16,18). The second-order valence-corrected chi connectivity index (χ2v) is 5.20. The van der Waals surface area contributed by atoms with Gasteiger partial charge in [-0.3, -0.25) is 4.79 Å². The fourth-order valence-corrected chi connectivity index (χ4v) is 2.03. The van der Waals surface area contributed by atoms with E-state index in [0.717, 1.165) is 5.56 Å². The van der Waals surface area contributed by atoms with E-state index in [2.05, 4.69) is 5.32 Å². The van der Waals surface area contributed by atoms with Crippen molar-refractivity contribution in [1.82, 2.24) is 5.32 Å². The van der Waals surface area contributed by atoms with Crippen LogP contribution in [0.4, 0.5) is 0 Å². The Kier molecular flexibility index (Phi) is 4.43. The monoisotopic (exact) mass is 263 g/mol. The van der Waals surface area contributed by atoms with Crippen molar-refractivity contribution in [3.63, 3.8) is 0 Å². The maximum Gasteiger partial charge on any atom is 0.260 e. The summed E-state index contributed by atoms with van der Waals surface area (Å²) in [5.74, 6) is 1.15. The lowest BCUT2D eigenvalue weighted by atomic mass is 10.2. The average Bonchev–Trinajstić information content (AvgIpc) is 3.23. The van der Waals surface area contributed by atoms with Crippen LogP contribution < -0.4 is 10.1 Å². The van der Waals surface area contributed by atoms with Gasteiger partial charge in [-0.2, -0.15) is 0 Å². The summed E-state index contributed by atoms with van der Waals surface area (Å²) in [5, 5.41) is 12.0. The molecule has 0 spiro atoms. The van der Waals surface area contributed by atoms with Crippen LogP contribution in [0.2, 0.25) is 0 Å². The van der Waals surface area contributed by atoms with Gasteiger partial charge in [-0.1, -0.05) is 12.1 Å². The number of carbonyl (C=O) groups excluding carboxylic acids is 1. The Hall–Kier alpha value is -1.55. The van der Waals surface area contributed by atoms with Crippen LogP contribution in [0.15, 0.2) is 24.3 Å². The number of amides is 1. The number of aliphatic hydroxyl groups excluding tert-OH is 1. The zero-order valence-corrected chi connectivity index (χ0v) is 11.4. The Labute approximate surface area is 113 Å². The van der Waals surface area contributed by atoms with Crippen LogP contribution in [-0.2, 0) is 11.4 Å². The number of hydrogen-bond acceptors (Lipinski definition) is 3. The second kappa shape index (κ2) is 6.06. The van der Waals surface area contributed by atoms with Crippen LogP contribution >= 0.6 is 0 Å². The first-order chi connectivity index (χ1) is 9.10. The highest BCUT2D eigenvalue weighted by atomic mass is 16.5. The van der Waals surface area contributed by atoms with E-state index in [1.807, 2.05) is 13.0 Å². The molecular weight excluding hydrogens is 242 g/mol. The van der Waals surface area contributed by atoms with Gasteiger partial charge in [0, 0.05) is 6.04 Å². The third kappa shape index (κ3) is 3.96. The number of nitrogens with one attached hydrogen (secondary N) is 1. The molecule has 4 nitrogen and oxygen atoms in total. The molecular formula is C15H21NO3. The lowest BCUT2D eigenvalue weighted by molar-refractivity contribution is -0.128. The maximum atomic E-state index is 12.0. The number of rotatable bonds is 6. The summed E-state index contributed by atoms with van der Waals surface area (Å²) < 4.78 is 5.60. The predicted molar refractivity (Wildman–Crippen MR) is 72.8 cm³/mol. The highest BCUT2D eigenvalue weighted by molar-refractivity contribution is 5.81. The first kappa shape index (κ1) is 13.9. The molecule has 2 rings (SSSR count). The molecule has 0 heterocycles. The minimum absolute atomic E-state index is 0.0313. The number of aliphatic hydroxyl groups is 1. The van der Waals surface area contributed by atoms with Crippen molar-refractivity contribution < 1.29 is 14.6 Å². The van der Waals surface area contributed by atoms with Gasteiger partial charge in [-0.25, -0.2) is 0 Å². The summed E-state index contributed by atoms with van der Waals surface area (Å²) in [6.45, 7) is 3.74. The molecule has 1 aliphatic rings. The molecule has 0 radical (unpaired) electrons. The minimum Gasteiger partial charge on any atom is -0.481 e. The van der Waals surface area contributed by atoms with Gasteiger partial charge in [-0.05, 0) is 50.3 Å². The molecule has 0 aliphatic heterocycles. The second-order valence-electron chi connectivity index (χ2n) is 5.20. The largest absolute Gasteiger partial charge is 0.481 e. The summed E-state index contributed by atoms with van der Waals surface area (Å²) in [5.41, 5.74) is 0.774. The van der Waals surface area contributed by atoms with Gasteiger partial charge in [0.2, 0.25) is 0 Å².